The molecule has 3 aliphatic rings. The lowest BCUT2D eigenvalue weighted by Gasteiger charge is -2.49. The summed E-state index contributed by atoms with van der Waals surface area (Å²) in [7, 11) is 1.26. The first-order valence-electron chi connectivity index (χ1n) is 11.8. The van der Waals surface area contributed by atoms with Gasteiger partial charge in [-0.2, -0.15) is 0 Å². The number of aliphatic hydroxyl groups is 8. The van der Waals surface area contributed by atoms with Gasteiger partial charge in [-0.25, -0.2) is 0 Å². The van der Waals surface area contributed by atoms with Crippen molar-refractivity contribution in [2.24, 2.45) is 0 Å². The maximum atomic E-state index is 11.7. The Kier molecular flexibility index (Phi) is 10.6. The number of carbonyl (C=O) groups is 1. The van der Waals surface area contributed by atoms with Gasteiger partial charge < -0.3 is 74.6 Å². The van der Waals surface area contributed by atoms with Crippen LogP contribution in [0.4, 0.5) is 0 Å². The van der Waals surface area contributed by atoms with Crippen LogP contribution in [0.25, 0.3) is 0 Å². The molecule has 37 heavy (non-hydrogen) atoms. The number of aliphatic hydroxyl groups excluding tert-OH is 8. The maximum Gasteiger partial charge on any atom is 0.217 e. The molecule has 3 heterocycles. The third-order valence-electron chi connectivity index (χ3n) is 6.70. The summed E-state index contributed by atoms with van der Waals surface area (Å²) in [6.45, 7) is 1.21. The van der Waals surface area contributed by atoms with Crippen molar-refractivity contribution in [1.29, 1.82) is 0 Å². The Hall–Kier alpha value is -1.09. The number of hydrogen-bond acceptors (Lipinski definition) is 15. The first kappa shape index (κ1) is 30.5. The fraction of sp³-hybridized carbons (Fsp3) is 0.952. The van der Waals surface area contributed by atoms with E-state index in [1.165, 1.54) is 21.0 Å². The van der Waals surface area contributed by atoms with E-state index >= 15 is 0 Å². The van der Waals surface area contributed by atoms with Gasteiger partial charge in [0, 0.05) is 14.0 Å². The number of rotatable bonds is 8. The zero-order valence-electron chi connectivity index (χ0n) is 20.5. The lowest BCUT2D eigenvalue weighted by atomic mass is 9.95. The molecule has 15 atom stereocenters. The highest BCUT2D eigenvalue weighted by Crippen LogP contribution is 2.33. The summed E-state index contributed by atoms with van der Waals surface area (Å²) < 4.78 is 33.5. The van der Waals surface area contributed by atoms with Crippen molar-refractivity contribution in [3.8, 4) is 0 Å². The highest BCUT2D eigenvalue weighted by atomic mass is 16.8. The average molecular weight is 544 g/mol. The van der Waals surface area contributed by atoms with Crippen LogP contribution in [0.2, 0.25) is 0 Å². The van der Waals surface area contributed by atoms with Gasteiger partial charge in [0.2, 0.25) is 5.91 Å². The zero-order valence-corrected chi connectivity index (χ0v) is 20.5. The lowest BCUT2D eigenvalue weighted by Crippen LogP contribution is -2.68. The average Bonchev–Trinajstić information content (AvgIpc) is 2.86. The monoisotopic (exact) mass is 543 g/mol. The molecule has 3 fully saturated rings. The van der Waals surface area contributed by atoms with Crippen LogP contribution in [-0.4, -0.2) is 159 Å². The number of methoxy groups -OCH3 is 1. The molecule has 216 valence electrons. The summed E-state index contributed by atoms with van der Waals surface area (Å²) in [4.78, 5) is 11.7. The smallest absolute Gasteiger partial charge is 0.217 e. The molecule has 1 amide bonds. The first-order valence-corrected chi connectivity index (χ1v) is 11.8. The Labute approximate surface area is 212 Å². The summed E-state index contributed by atoms with van der Waals surface area (Å²) in [5.74, 6) is -0.525. The van der Waals surface area contributed by atoms with E-state index in [4.69, 9.17) is 28.4 Å². The SMILES string of the molecule is CO[C@H]1[C@H](O[C@@H]2O[C@H](CO)[C@H](O)[C@H](O)[C@H]2O[C@@H]2O[C@@H](C)[C@@H](O)[C@@H](O)[C@@H]2O)[C@@H](CO)OC(O)[C@@H]1NC(C)=O. The van der Waals surface area contributed by atoms with Crippen molar-refractivity contribution in [3.63, 3.8) is 0 Å². The van der Waals surface area contributed by atoms with E-state index in [2.05, 4.69) is 5.32 Å². The van der Waals surface area contributed by atoms with Crippen LogP contribution < -0.4 is 5.32 Å². The Balaban J connectivity index is 1.89. The van der Waals surface area contributed by atoms with Crippen molar-refractivity contribution in [2.45, 2.75) is 106 Å². The van der Waals surface area contributed by atoms with Crippen LogP contribution in [0, 0.1) is 0 Å². The van der Waals surface area contributed by atoms with Crippen LogP contribution in [0.3, 0.4) is 0 Å². The highest BCUT2D eigenvalue weighted by molar-refractivity contribution is 5.73. The number of amides is 1. The van der Waals surface area contributed by atoms with E-state index in [1.54, 1.807) is 0 Å². The first-order chi connectivity index (χ1) is 17.4. The van der Waals surface area contributed by atoms with Gasteiger partial charge in [-0.15, -0.1) is 0 Å². The molecule has 0 saturated carbocycles. The van der Waals surface area contributed by atoms with Crippen molar-refractivity contribution in [1.82, 2.24) is 5.32 Å². The number of ether oxygens (including phenoxy) is 6. The molecule has 3 saturated heterocycles. The van der Waals surface area contributed by atoms with E-state index in [9.17, 15) is 45.6 Å². The molecule has 0 aromatic carbocycles. The van der Waals surface area contributed by atoms with Crippen molar-refractivity contribution >= 4 is 5.91 Å². The summed E-state index contributed by atoms with van der Waals surface area (Å²) in [6.07, 6.45) is -20.7. The van der Waals surface area contributed by atoms with Gasteiger partial charge in [-0.05, 0) is 6.92 Å². The van der Waals surface area contributed by atoms with E-state index in [0.29, 0.717) is 0 Å². The van der Waals surface area contributed by atoms with Gasteiger partial charge in [0.25, 0.3) is 0 Å². The molecule has 0 aromatic heterocycles. The molecule has 3 rings (SSSR count). The second kappa shape index (κ2) is 12.8. The number of nitrogens with one attached hydrogen (secondary N) is 1. The standard InChI is InChI=1S/C21H37NO15/c1-6-11(26)13(28)15(30)20(33-6)37-18-14(29)12(27)8(4-23)35-21(18)36-16-9(5-24)34-19(31)10(17(16)32-3)22-7(2)25/h6,8-21,23-24,26-31H,4-5H2,1-3H3,(H,22,25)/t6-,8+,9+,10+,11+,12-,13+,14-,15-,16+,17+,18+,19?,20-,21-/m0/s1. The molecule has 0 aliphatic carbocycles. The van der Waals surface area contributed by atoms with Crippen LogP contribution in [0.15, 0.2) is 0 Å². The highest BCUT2D eigenvalue weighted by Gasteiger charge is 2.54. The van der Waals surface area contributed by atoms with Crippen LogP contribution in [-0.2, 0) is 33.2 Å². The molecule has 16 nitrogen and oxygen atoms in total. The van der Waals surface area contributed by atoms with Gasteiger partial charge in [0.1, 0.15) is 67.1 Å². The molecular weight excluding hydrogens is 506 g/mol. The summed E-state index contributed by atoms with van der Waals surface area (Å²) >= 11 is 0. The van der Waals surface area contributed by atoms with Gasteiger partial charge in [0.15, 0.2) is 18.9 Å². The van der Waals surface area contributed by atoms with Crippen molar-refractivity contribution < 1.29 is 74.1 Å². The minimum Gasteiger partial charge on any atom is -0.394 e. The summed E-state index contributed by atoms with van der Waals surface area (Å²) in [5.41, 5.74) is 0. The van der Waals surface area contributed by atoms with Gasteiger partial charge in [-0.3, -0.25) is 4.79 Å². The minimum absolute atomic E-state index is 0.525. The largest absolute Gasteiger partial charge is 0.394 e. The molecule has 9 N–H and O–H groups in total. The van der Waals surface area contributed by atoms with Crippen LogP contribution in [0.5, 0.6) is 0 Å². The Morgan fingerprint density at radius 3 is 1.95 bits per heavy atom. The zero-order chi connectivity index (χ0) is 27.6. The Bertz CT molecular complexity index is 747. The molecule has 0 radical (unpaired) electrons. The Morgan fingerprint density at radius 1 is 0.757 bits per heavy atom. The van der Waals surface area contributed by atoms with E-state index in [-0.39, 0.29) is 0 Å². The predicted octanol–water partition coefficient (Wildman–Crippen LogP) is -5.75. The Morgan fingerprint density at radius 2 is 1.38 bits per heavy atom. The van der Waals surface area contributed by atoms with Crippen LogP contribution >= 0.6 is 0 Å². The molecule has 0 spiro atoms. The molecule has 0 bridgehead atoms. The fourth-order valence-corrected chi connectivity index (χ4v) is 4.65. The second-order valence-electron chi connectivity index (χ2n) is 9.26. The van der Waals surface area contributed by atoms with Crippen LogP contribution in [0.1, 0.15) is 13.8 Å². The molecular formula is C21H37NO15. The minimum atomic E-state index is -1.78. The fourth-order valence-electron chi connectivity index (χ4n) is 4.65. The van der Waals surface area contributed by atoms with Crippen molar-refractivity contribution in [3.05, 3.63) is 0 Å². The predicted molar refractivity (Wildman–Crippen MR) is 116 cm³/mol. The molecule has 3 aliphatic heterocycles. The summed E-state index contributed by atoms with van der Waals surface area (Å²) in [5, 5.41) is 83.9. The topological polar surface area (TPSA) is 246 Å². The number of carbonyl (C=O) groups excluding carboxylic acids is 1. The molecule has 0 aromatic rings. The van der Waals surface area contributed by atoms with E-state index in [1.807, 2.05) is 0 Å². The quantitative estimate of drug-likeness (QED) is 0.138. The third kappa shape index (κ3) is 6.39. The second-order valence-corrected chi connectivity index (χ2v) is 9.26. The van der Waals surface area contributed by atoms with E-state index < -0.39 is 111 Å². The van der Waals surface area contributed by atoms with Crippen molar-refractivity contribution in [2.75, 3.05) is 20.3 Å². The van der Waals surface area contributed by atoms with Gasteiger partial charge in [-0.1, -0.05) is 0 Å². The maximum absolute atomic E-state index is 11.7. The third-order valence-corrected chi connectivity index (χ3v) is 6.70. The number of hydrogen-bond donors (Lipinski definition) is 9. The molecule has 1 unspecified atom stereocenters. The summed E-state index contributed by atoms with van der Waals surface area (Å²) in [6, 6.07) is -1.15. The lowest BCUT2D eigenvalue weighted by molar-refractivity contribution is -0.382. The van der Waals surface area contributed by atoms with Gasteiger partial charge >= 0.3 is 0 Å². The van der Waals surface area contributed by atoms with E-state index in [0.717, 1.165) is 0 Å². The normalized spacial score (nSPS) is 49.0. The molecule has 16 heteroatoms. The van der Waals surface area contributed by atoms with Gasteiger partial charge in [0.05, 0.1) is 19.3 Å².